The van der Waals surface area contributed by atoms with Gasteiger partial charge < -0.3 is 10.5 Å². The van der Waals surface area contributed by atoms with Gasteiger partial charge in [-0.3, -0.25) is 4.68 Å². The Kier molecular flexibility index (Phi) is 6.93. The van der Waals surface area contributed by atoms with Crippen molar-refractivity contribution in [1.82, 2.24) is 9.78 Å². The summed E-state index contributed by atoms with van der Waals surface area (Å²) in [5.74, 6) is -0.347. The molecule has 1 rings (SSSR count). The molecule has 0 spiro atoms. The number of rotatable bonds is 4. The van der Waals surface area contributed by atoms with E-state index in [-0.39, 0.29) is 24.4 Å². The van der Waals surface area contributed by atoms with Crippen molar-refractivity contribution in [2.24, 2.45) is 5.73 Å². The number of hydrogen-bond donors (Lipinski definition) is 1. The zero-order valence-electron chi connectivity index (χ0n) is 9.14. The van der Waals surface area contributed by atoms with Crippen LogP contribution in [0.5, 0.6) is 0 Å². The number of ether oxygens (including phenoxy) is 1. The van der Waals surface area contributed by atoms with E-state index in [0.717, 1.165) is 3.57 Å². The lowest BCUT2D eigenvalue weighted by atomic mass is 10.3. The average Bonchev–Trinajstić information content (AvgIpc) is 2.46. The fraction of sp³-hybridized carbons (Fsp3) is 0.556. The molecular formula is C9H15ClIN3O2. The Bertz CT molecular complexity index is 355. The van der Waals surface area contributed by atoms with E-state index in [1.165, 1.54) is 0 Å². The Hall–Kier alpha value is -0.340. The van der Waals surface area contributed by atoms with Gasteiger partial charge in [-0.25, -0.2) is 4.79 Å². The van der Waals surface area contributed by atoms with Crippen molar-refractivity contribution in [2.45, 2.75) is 26.4 Å². The summed E-state index contributed by atoms with van der Waals surface area (Å²) in [7, 11) is 0. The highest BCUT2D eigenvalue weighted by Gasteiger charge is 2.18. The Balaban J connectivity index is 0.00000225. The second kappa shape index (κ2) is 7.08. The van der Waals surface area contributed by atoms with E-state index in [0.29, 0.717) is 18.8 Å². The van der Waals surface area contributed by atoms with Crippen LogP contribution in [0.25, 0.3) is 0 Å². The number of nitrogens with zero attached hydrogens (tertiary/aromatic N) is 2. The van der Waals surface area contributed by atoms with Gasteiger partial charge in [0.1, 0.15) is 0 Å². The maximum Gasteiger partial charge on any atom is 0.357 e. The first-order valence-corrected chi connectivity index (χ1v) is 5.78. The van der Waals surface area contributed by atoms with Crippen molar-refractivity contribution in [1.29, 1.82) is 0 Å². The molecule has 1 heterocycles. The number of esters is 1. The third-order valence-corrected chi connectivity index (χ3v) is 2.51. The van der Waals surface area contributed by atoms with Gasteiger partial charge in [0.05, 0.1) is 22.9 Å². The largest absolute Gasteiger partial charge is 0.461 e. The van der Waals surface area contributed by atoms with Crippen LogP contribution in [0.2, 0.25) is 0 Å². The Morgan fingerprint density at radius 1 is 1.75 bits per heavy atom. The molecule has 0 aliphatic rings. The lowest BCUT2D eigenvalue weighted by Crippen LogP contribution is -2.25. The second-order valence-electron chi connectivity index (χ2n) is 3.22. The van der Waals surface area contributed by atoms with Crippen LogP contribution in [0, 0.1) is 3.57 Å². The predicted molar refractivity (Wildman–Crippen MR) is 71.8 cm³/mol. The number of hydrogen-bond acceptors (Lipinski definition) is 4. The van der Waals surface area contributed by atoms with Crippen molar-refractivity contribution >= 4 is 41.0 Å². The molecule has 16 heavy (non-hydrogen) atoms. The highest BCUT2D eigenvalue weighted by molar-refractivity contribution is 14.1. The standard InChI is InChI=1S/C9H14IN3O2.ClH/c1-3-15-9(14)8-7(10)4-12-13(8)5-6(2)11;/h4,6H,3,5,11H2,1-2H3;1H/t6-;/m0./s1. The Morgan fingerprint density at radius 2 is 2.38 bits per heavy atom. The minimum atomic E-state index is -0.347. The number of carbonyl (C=O) groups is 1. The smallest absolute Gasteiger partial charge is 0.357 e. The van der Waals surface area contributed by atoms with Crippen LogP contribution in [0.4, 0.5) is 0 Å². The normalized spacial score (nSPS) is 11.8. The molecule has 0 bridgehead atoms. The molecule has 0 fully saturated rings. The van der Waals surface area contributed by atoms with Crippen LogP contribution < -0.4 is 5.73 Å². The predicted octanol–water partition coefficient (Wildman–Crippen LogP) is 1.43. The van der Waals surface area contributed by atoms with Gasteiger partial charge in [-0.2, -0.15) is 5.10 Å². The van der Waals surface area contributed by atoms with E-state index in [4.69, 9.17) is 10.5 Å². The van der Waals surface area contributed by atoms with Gasteiger partial charge in [-0.1, -0.05) is 0 Å². The fourth-order valence-corrected chi connectivity index (χ4v) is 1.80. The molecule has 0 saturated carbocycles. The van der Waals surface area contributed by atoms with Gasteiger partial charge in [0.15, 0.2) is 5.69 Å². The summed E-state index contributed by atoms with van der Waals surface area (Å²) in [5.41, 5.74) is 6.14. The summed E-state index contributed by atoms with van der Waals surface area (Å²) in [6.45, 7) is 4.51. The summed E-state index contributed by atoms with van der Waals surface area (Å²) in [6, 6.07) is -0.0473. The van der Waals surface area contributed by atoms with E-state index in [1.54, 1.807) is 17.8 Å². The van der Waals surface area contributed by atoms with E-state index in [1.807, 2.05) is 6.92 Å². The molecule has 0 amide bonds. The minimum absolute atomic E-state index is 0. The highest BCUT2D eigenvalue weighted by atomic mass is 127. The maximum atomic E-state index is 11.6. The number of halogens is 2. The van der Waals surface area contributed by atoms with Crippen LogP contribution in [-0.4, -0.2) is 28.4 Å². The van der Waals surface area contributed by atoms with Gasteiger partial charge in [0.2, 0.25) is 0 Å². The molecule has 0 unspecified atom stereocenters. The molecule has 92 valence electrons. The molecule has 0 aromatic carbocycles. The van der Waals surface area contributed by atoms with Crippen molar-refractivity contribution in [2.75, 3.05) is 6.61 Å². The zero-order chi connectivity index (χ0) is 11.4. The number of carbonyl (C=O) groups excluding carboxylic acids is 1. The molecule has 0 saturated heterocycles. The van der Waals surface area contributed by atoms with E-state index < -0.39 is 0 Å². The van der Waals surface area contributed by atoms with Crippen LogP contribution in [-0.2, 0) is 11.3 Å². The van der Waals surface area contributed by atoms with E-state index in [2.05, 4.69) is 27.7 Å². The highest BCUT2D eigenvalue weighted by Crippen LogP contribution is 2.13. The third-order valence-electron chi connectivity index (χ3n) is 1.72. The van der Waals surface area contributed by atoms with Gasteiger partial charge in [-0.05, 0) is 36.4 Å². The summed E-state index contributed by atoms with van der Waals surface area (Å²) >= 11 is 2.06. The molecule has 1 atom stereocenters. The van der Waals surface area contributed by atoms with Gasteiger partial charge in [0.25, 0.3) is 0 Å². The van der Waals surface area contributed by atoms with Gasteiger partial charge in [0, 0.05) is 6.04 Å². The van der Waals surface area contributed by atoms with E-state index in [9.17, 15) is 4.79 Å². The van der Waals surface area contributed by atoms with Crippen molar-refractivity contribution < 1.29 is 9.53 Å². The Morgan fingerprint density at radius 3 is 2.88 bits per heavy atom. The van der Waals surface area contributed by atoms with E-state index >= 15 is 0 Å². The zero-order valence-corrected chi connectivity index (χ0v) is 12.1. The van der Waals surface area contributed by atoms with Crippen molar-refractivity contribution in [3.63, 3.8) is 0 Å². The summed E-state index contributed by atoms with van der Waals surface area (Å²) in [4.78, 5) is 11.6. The van der Waals surface area contributed by atoms with Crippen molar-refractivity contribution in [3.8, 4) is 0 Å². The summed E-state index contributed by atoms with van der Waals surface area (Å²) in [6.07, 6.45) is 1.63. The molecule has 0 aliphatic heterocycles. The molecule has 5 nitrogen and oxygen atoms in total. The SMILES string of the molecule is CCOC(=O)c1c(I)cnn1C[C@H](C)N.Cl. The third kappa shape index (κ3) is 3.91. The summed E-state index contributed by atoms with van der Waals surface area (Å²) < 4.78 is 7.32. The lowest BCUT2D eigenvalue weighted by Gasteiger charge is -2.09. The first kappa shape index (κ1) is 15.7. The van der Waals surface area contributed by atoms with Crippen molar-refractivity contribution in [3.05, 3.63) is 15.5 Å². The monoisotopic (exact) mass is 359 g/mol. The topological polar surface area (TPSA) is 70.1 Å². The second-order valence-corrected chi connectivity index (χ2v) is 4.38. The average molecular weight is 360 g/mol. The van der Waals surface area contributed by atoms with Crippen LogP contribution in [0.1, 0.15) is 24.3 Å². The first-order valence-electron chi connectivity index (χ1n) is 4.70. The molecule has 0 aliphatic carbocycles. The number of aromatic nitrogens is 2. The van der Waals surface area contributed by atoms with Crippen LogP contribution in [0.15, 0.2) is 6.20 Å². The molecule has 1 aromatic rings. The lowest BCUT2D eigenvalue weighted by molar-refractivity contribution is 0.0510. The van der Waals surface area contributed by atoms with Gasteiger partial charge in [-0.15, -0.1) is 12.4 Å². The van der Waals surface area contributed by atoms with Crippen LogP contribution in [0.3, 0.4) is 0 Å². The molecule has 2 N–H and O–H groups in total. The molecular weight excluding hydrogens is 344 g/mol. The molecule has 7 heteroatoms. The fourth-order valence-electron chi connectivity index (χ4n) is 1.18. The summed E-state index contributed by atoms with van der Waals surface area (Å²) in [5, 5.41) is 4.09. The van der Waals surface area contributed by atoms with Crippen LogP contribution >= 0.6 is 35.0 Å². The number of nitrogens with two attached hydrogens (primary N) is 1. The molecule has 1 aromatic heterocycles. The Labute approximate surface area is 114 Å². The van der Waals surface area contributed by atoms with Gasteiger partial charge >= 0.3 is 5.97 Å². The quantitative estimate of drug-likeness (QED) is 0.652. The molecule has 0 radical (unpaired) electrons. The minimum Gasteiger partial charge on any atom is -0.461 e. The first-order chi connectivity index (χ1) is 7.06. The maximum absolute atomic E-state index is 11.6.